The third-order valence-electron chi connectivity index (χ3n) is 2.03. The van der Waals surface area contributed by atoms with E-state index < -0.39 is 0 Å². The topological polar surface area (TPSA) is 75.5 Å². The molecule has 2 aromatic rings. The van der Waals surface area contributed by atoms with Crippen molar-refractivity contribution in [2.45, 2.75) is 0 Å². The Kier molecular flexibility index (Phi) is 3.31. The van der Waals surface area contributed by atoms with Crippen molar-refractivity contribution in [1.82, 2.24) is 6.15 Å². The van der Waals surface area contributed by atoms with Crippen LogP contribution in [-0.4, -0.2) is 10.2 Å². The molecular weight excluding hydrogens is 190 g/mol. The summed E-state index contributed by atoms with van der Waals surface area (Å²) in [5.41, 5.74) is 1.78. The second kappa shape index (κ2) is 4.48. The van der Waals surface area contributed by atoms with Crippen molar-refractivity contribution in [3.63, 3.8) is 0 Å². The number of hydrogen-bond donors (Lipinski definition) is 3. The molecule has 0 bridgehead atoms. The fourth-order valence-corrected chi connectivity index (χ4v) is 1.37. The van der Waals surface area contributed by atoms with Crippen molar-refractivity contribution in [2.24, 2.45) is 0 Å². The molecule has 2 aromatic carbocycles. The molecule has 0 atom stereocenters. The number of benzene rings is 2. The van der Waals surface area contributed by atoms with Crippen molar-refractivity contribution in [2.75, 3.05) is 0 Å². The van der Waals surface area contributed by atoms with Crippen LogP contribution in [-0.2, 0) is 0 Å². The summed E-state index contributed by atoms with van der Waals surface area (Å²) in [6.07, 6.45) is 0. The third kappa shape index (κ3) is 2.48. The minimum absolute atomic E-state index is 0. The number of aromatic hydroxyl groups is 2. The van der Waals surface area contributed by atoms with Crippen LogP contribution < -0.4 is 6.15 Å². The molecule has 0 unspecified atom stereocenters. The molecule has 0 aliphatic carbocycles. The Morgan fingerprint density at radius 1 is 0.667 bits per heavy atom. The van der Waals surface area contributed by atoms with Crippen LogP contribution in [0.1, 0.15) is 0 Å². The van der Waals surface area contributed by atoms with E-state index in [9.17, 15) is 10.2 Å². The molecule has 0 saturated heterocycles. The highest BCUT2D eigenvalue weighted by atomic mass is 16.3. The lowest BCUT2D eigenvalue weighted by Gasteiger charge is -2.02. The molecule has 0 fully saturated rings. The number of rotatable bonds is 1. The predicted molar refractivity (Wildman–Crippen MR) is 60.2 cm³/mol. The summed E-state index contributed by atoms with van der Waals surface area (Å²) in [5, 5.41) is 18.6. The summed E-state index contributed by atoms with van der Waals surface area (Å²) in [6, 6.07) is 13.9. The first-order valence-electron chi connectivity index (χ1n) is 4.34. The quantitative estimate of drug-likeness (QED) is 0.667. The lowest BCUT2D eigenvalue weighted by atomic mass is 10.1. The maximum Gasteiger partial charge on any atom is 0.116 e. The van der Waals surface area contributed by atoms with E-state index in [4.69, 9.17) is 0 Å². The lowest BCUT2D eigenvalue weighted by molar-refractivity contribution is 0.474. The Morgan fingerprint density at radius 3 is 1.40 bits per heavy atom. The molecule has 0 heterocycles. The van der Waals surface area contributed by atoms with Gasteiger partial charge in [-0.1, -0.05) is 24.3 Å². The van der Waals surface area contributed by atoms with Gasteiger partial charge in [-0.05, 0) is 35.4 Å². The summed E-state index contributed by atoms with van der Waals surface area (Å²) < 4.78 is 0. The van der Waals surface area contributed by atoms with Crippen LogP contribution in [0.2, 0.25) is 0 Å². The molecule has 0 saturated carbocycles. The van der Waals surface area contributed by atoms with Gasteiger partial charge in [-0.15, -0.1) is 0 Å². The monoisotopic (exact) mass is 203 g/mol. The summed E-state index contributed by atoms with van der Waals surface area (Å²) in [5.74, 6) is 0.455. The molecule has 15 heavy (non-hydrogen) atoms. The summed E-state index contributed by atoms with van der Waals surface area (Å²) in [7, 11) is 0. The Morgan fingerprint density at radius 2 is 1.07 bits per heavy atom. The molecule has 3 heteroatoms. The second-order valence-corrected chi connectivity index (χ2v) is 3.10. The highest BCUT2D eigenvalue weighted by molar-refractivity contribution is 5.66. The predicted octanol–water partition coefficient (Wildman–Crippen LogP) is 2.93. The lowest BCUT2D eigenvalue weighted by Crippen LogP contribution is -1.76. The first kappa shape index (κ1) is 11.1. The van der Waals surface area contributed by atoms with Gasteiger partial charge < -0.3 is 16.4 Å². The maximum atomic E-state index is 9.28. The van der Waals surface area contributed by atoms with E-state index >= 15 is 0 Å². The van der Waals surface area contributed by atoms with Crippen LogP contribution >= 0.6 is 0 Å². The van der Waals surface area contributed by atoms with E-state index in [1.54, 1.807) is 36.4 Å². The standard InChI is InChI=1S/C12H10O2.H3N/c13-11-5-1-3-9(7-11)10-4-2-6-12(14)8-10;/h1-8,13-14H;1H3. The van der Waals surface area contributed by atoms with Gasteiger partial charge in [-0.3, -0.25) is 0 Å². The van der Waals surface area contributed by atoms with E-state index in [0.717, 1.165) is 11.1 Å². The molecule has 3 nitrogen and oxygen atoms in total. The van der Waals surface area contributed by atoms with Gasteiger partial charge in [0, 0.05) is 0 Å². The van der Waals surface area contributed by atoms with Gasteiger partial charge in [0.1, 0.15) is 11.5 Å². The number of hydrogen-bond acceptors (Lipinski definition) is 3. The van der Waals surface area contributed by atoms with Gasteiger partial charge >= 0.3 is 0 Å². The first-order chi connectivity index (χ1) is 6.75. The van der Waals surface area contributed by atoms with E-state index in [1.807, 2.05) is 12.1 Å². The van der Waals surface area contributed by atoms with Crippen molar-refractivity contribution in [1.29, 1.82) is 0 Å². The maximum absolute atomic E-state index is 9.28. The minimum atomic E-state index is 0. The van der Waals surface area contributed by atoms with Crippen molar-refractivity contribution in [3.8, 4) is 22.6 Å². The molecule has 78 valence electrons. The van der Waals surface area contributed by atoms with E-state index in [0.29, 0.717) is 0 Å². The Bertz CT molecular complexity index is 411. The highest BCUT2D eigenvalue weighted by Crippen LogP contribution is 2.25. The fraction of sp³-hybridized carbons (Fsp3) is 0. The van der Waals surface area contributed by atoms with Gasteiger partial charge in [0.15, 0.2) is 0 Å². The smallest absolute Gasteiger partial charge is 0.116 e. The van der Waals surface area contributed by atoms with Gasteiger partial charge in [0.25, 0.3) is 0 Å². The van der Waals surface area contributed by atoms with Crippen LogP contribution in [0.25, 0.3) is 11.1 Å². The largest absolute Gasteiger partial charge is 0.508 e. The molecule has 0 aromatic heterocycles. The fourth-order valence-electron chi connectivity index (χ4n) is 1.37. The second-order valence-electron chi connectivity index (χ2n) is 3.10. The van der Waals surface area contributed by atoms with Crippen molar-refractivity contribution < 1.29 is 10.2 Å². The number of phenols is 2. The van der Waals surface area contributed by atoms with E-state index in [1.165, 1.54) is 0 Å². The summed E-state index contributed by atoms with van der Waals surface area (Å²) >= 11 is 0. The van der Waals surface area contributed by atoms with Crippen LogP contribution in [0.3, 0.4) is 0 Å². The Balaban J connectivity index is 0.00000112. The molecule has 0 spiro atoms. The molecule has 0 radical (unpaired) electrons. The Hall–Kier alpha value is -2.00. The Labute approximate surface area is 88.2 Å². The zero-order valence-electron chi connectivity index (χ0n) is 8.22. The molecular formula is C12H13NO2. The highest BCUT2D eigenvalue weighted by Gasteiger charge is 1.98. The van der Waals surface area contributed by atoms with Gasteiger partial charge in [-0.2, -0.15) is 0 Å². The molecule has 0 aliphatic rings. The zero-order chi connectivity index (χ0) is 9.97. The van der Waals surface area contributed by atoms with E-state index in [-0.39, 0.29) is 17.6 Å². The van der Waals surface area contributed by atoms with Gasteiger partial charge in [0.05, 0.1) is 0 Å². The average Bonchev–Trinajstić information content (AvgIpc) is 2.18. The molecule has 0 aliphatic heterocycles. The van der Waals surface area contributed by atoms with Crippen LogP contribution in [0, 0.1) is 0 Å². The van der Waals surface area contributed by atoms with Crippen molar-refractivity contribution >= 4 is 0 Å². The zero-order valence-corrected chi connectivity index (χ0v) is 8.22. The molecule has 5 N–H and O–H groups in total. The van der Waals surface area contributed by atoms with Gasteiger partial charge in [-0.25, -0.2) is 0 Å². The van der Waals surface area contributed by atoms with Crippen LogP contribution in [0.5, 0.6) is 11.5 Å². The normalized spacial score (nSPS) is 9.33. The third-order valence-corrected chi connectivity index (χ3v) is 2.03. The van der Waals surface area contributed by atoms with Crippen molar-refractivity contribution in [3.05, 3.63) is 48.5 Å². The van der Waals surface area contributed by atoms with E-state index in [2.05, 4.69) is 0 Å². The van der Waals surface area contributed by atoms with Crippen LogP contribution in [0.15, 0.2) is 48.5 Å². The van der Waals surface area contributed by atoms with Gasteiger partial charge in [0.2, 0.25) is 0 Å². The summed E-state index contributed by atoms with van der Waals surface area (Å²) in [6.45, 7) is 0. The minimum Gasteiger partial charge on any atom is -0.508 e. The first-order valence-corrected chi connectivity index (χ1v) is 4.34. The SMILES string of the molecule is N.Oc1cccc(-c2cccc(O)c2)c1. The molecule has 0 amide bonds. The van der Waals surface area contributed by atoms with Crippen LogP contribution in [0.4, 0.5) is 0 Å². The molecule has 2 rings (SSSR count). The average molecular weight is 203 g/mol. The summed E-state index contributed by atoms with van der Waals surface area (Å²) in [4.78, 5) is 0. The number of phenolic OH excluding ortho intramolecular Hbond substituents is 2.